The zero-order chi connectivity index (χ0) is 23.4. The molecule has 0 aromatic heterocycles. The van der Waals surface area contributed by atoms with Crippen molar-refractivity contribution in [2.45, 2.75) is 44.2 Å². The van der Waals surface area contributed by atoms with Gasteiger partial charge in [-0.2, -0.15) is 0 Å². The molecule has 1 saturated heterocycles. The Hall–Kier alpha value is -3.18. The Kier molecular flexibility index (Phi) is 6.63. The second kappa shape index (κ2) is 9.98. The number of anilines is 1. The molecule has 5 rings (SSSR count). The summed E-state index contributed by atoms with van der Waals surface area (Å²) in [6.07, 6.45) is 3.93. The van der Waals surface area contributed by atoms with Gasteiger partial charge in [-0.15, -0.1) is 0 Å². The molecule has 0 atom stereocenters. The van der Waals surface area contributed by atoms with Crippen LogP contribution in [0.5, 0.6) is 5.75 Å². The van der Waals surface area contributed by atoms with Crippen molar-refractivity contribution in [2.24, 2.45) is 0 Å². The lowest BCUT2D eigenvalue weighted by molar-refractivity contribution is -0.107. The van der Waals surface area contributed by atoms with Crippen molar-refractivity contribution in [2.75, 3.05) is 25.0 Å². The zero-order valence-electron chi connectivity index (χ0n) is 19.4. The van der Waals surface area contributed by atoms with Crippen LogP contribution in [0.4, 0.5) is 10.1 Å². The lowest BCUT2D eigenvalue weighted by Gasteiger charge is -2.39. The number of carbonyl (C=O) groups excluding carboxylic acids is 1. The summed E-state index contributed by atoms with van der Waals surface area (Å²) in [6, 6.07) is 22.1. The van der Waals surface area contributed by atoms with Crippen LogP contribution in [0.1, 0.15) is 41.5 Å². The number of halogens is 1. The van der Waals surface area contributed by atoms with E-state index in [0.29, 0.717) is 36.2 Å². The van der Waals surface area contributed by atoms with E-state index in [-0.39, 0.29) is 5.82 Å². The highest BCUT2D eigenvalue weighted by molar-refractivity contribution is 5.60. The number of carbonyl (C=O) groups is 1. The SMILES string of the molecule is O=CCCc1ccc(OCc2ccc(CN3CCC4(CC3)CNc3ccccc34)cc2)cc1F. The van der Waals surface area contributed by atoms with Gasteiger partial charge in [0.25, 0.3) is 0 Å². The quantitative estimate of drug-likeness (QED) is 0.453. The average Bonchev–Trinajstić information content (AvgIpc) is 3.23. The van der Waals surface area contributed by atoms with Crippen LogP contribution in [0, 0.1) is 5.82 Å². The van der Waals surface area contributed by atoms with Crippen molar-refractivity contribution >= 4 is 12.0 Å². The van der Waals surface area contributed by atoms with E-state index in [1.54, 1.807) is 12.1 Å². The second-order valence-corrected chi connectivity index (χ2v) is 9.52. The summed E-state index contributed by atoms with van der Waals surface area (Å²) in [6.45, 7) is 4.62. The number of nitrogens with zero attached hydrogens (tertiary/aromatic N) is 1. The van der Waals surface area contributed by atoms with Gasteiger partial charge in [-0.1, -0.05) is 48.5 Å². The summed E-state index contributed by atoms with van der Waals surface area (Å²) in [5.74, 6) is 0.177. The number of rotatable bonds is 8. The minimum atomic E-state index is -0.324. The van der Waals surface area contributed by atoms with Crippen molar-refractivity contribution in [1.29, 1.82) is 0 Å². The molecule has 0 aliphatic carbocycles. The molecule has 2 heterocycles. The van der Waals surface area contributed by atoms with Gasteiger partial charge in [-0.05, 0) is 66.7 Å². The molecule has 4 nitrogen and oxygen atoms in total. The number of fused-ring (bicyclic) bond motifs is 2. The number of aryl methyl sites for hydroxylation is 1. The minimum absolute atomic E-state index is 0.292. The predicted molar refractivity (Wildman–Crippen MR) is 133 cm³/mol. The number of hydrogen-bond acceptors (Lipinski definition) is 4. The fourth-order valence-corrected chi connectivity index (χ4v) is 5.25. The minimum Gasteiger partial charge on any atom is -0.489 e. The van der Waals surface area contributed by atoms with Crippen LogP contribution >= 0.6 is 0 Å². The Balaban J connectivity index is 1.12. The van der Waals surface area contributed by atoms with E-state index in [9.17, 15) is 9.18 Å². The number of ether oxygens (including phenoxy) is 1. The van der Waals surface area contributed by atoms with Gasteiger partial charge in [0.05, 0.1) is 0 Å². The average molecular weight is 459 g/mol. The van der Waals surface area contributed by atoms with Crippen molar-refractivity contribution in [3.8, 4) is 5.75 Å². The number of piperidine rings is 1. The van der Waals surface area contributed by atoms with Gasteiger partial charge < -0.3 is 14.8 Å². The molecule has 5 heteroatoms. The van der Waals surface area contributed by atoms with E-state index in [1.807, 2.05) is 0 Å². The predicted octanol–water partition coefficient (Wildman–Crippen LogP) is 5.50. The fraction of sp³-hybridized carbons (Fsp3) is 0.345. The van der Waals surface area contributed by atoms with Gasteiger partial charge in [-0.3, -0.25) is 4.90 Å². The molecular formula is C29H31FN2O2. The molecule has 2 aliphatic heterocycles. The lowest BCUT2D eigenvalue weighted by atomic mass is 9.74. The molecule has 34 heavy (non-hydrogen) atoms. The molecule has 3 aromatic carbocycles. The highest BCUT2D eigenvalue weighted by Crippen LogP contribution is 2.43. The van der Waals surface area contributed by atoms with E-state index >= 15 is 0 Å². The number of likely N-dealkylation sites (tertiary alicyclic amines) is 1. The molecule has 1 N–H and O–H groups in total. The van der Waals surface area contributed by atoms with Gasteiger partial charge >= 0.3 is 0 Å². The molecule has 0 saturated carbocycles. The Morgan fingerprint density at radius 1 is 1.00 bits per heavy atom. The Morgan fingerprint density at radius 2 is 1.76 bits per heavy atom. The standard InChI is InChI=1S/C29H31FN2O2/c30-27-18-25(12-11-24(27)4-3-17-33)34-20-23-9-7-22(8-10-23)19-32-15-13-29(14-16-32)21-31-28-6-2-1-5-26(28)29/h1-2,5-12,17-18,31H,3-4,13-16,19-21H2. The summed E-state index contributed by atoms with van der Waals surface area (Å²) in [5, 5.41) is 3.61. The topological polar surface area (TPSA) is 41.6 Å². The number of aldehydes is 1. The highest BCUT2D eigenvalue weighted by atomic mass is 19.1. The van der Waals surface area contributed by atoms with Crippen LogP contribution in [-0.2, 0) is 29.8 Å². The Bertz CT molecular complexity index is 1140. The summed E-state index contributed by atoms with van der Waals surface area (Å²) in [7, 11) is 0. The van der Waals surface area contributed by atoms with E-state index in [4.69, 9.17) is 4.74 Å². The van der Waals surface area contributed by atoms with Crippen LogP contribution in [0.25, 0.3) is 0 Å². The molecule has 1 fully saturated rings. The Labute approximate surface area is 200 Å². The van der Waals surface area contributed by atoms with Crippen LogP contribution < -0.4 is 10.1 Å². The number of hydrogen-bond donors (Lipinski definition) is 1. The van der Waals surface area contributed by atoms with Crippen molar-refractivity contribution in [3.05, 3.63) is 94.8 Å². The maximum absolute atomic E-state index is 14.1. The first-order valence-electron chi connectivity index (χ1n) is 12.1. The molecule has 3 aromatic rings. The largest absolute Gasteiger partial charge is 0.489 e. The molecule has 0 amide bonds. The zero-order valence-corrected chi connectivity index (χ0v) is 19.4. The first kappa shape index (κ1) is 22.6. The summed E-state index contributed by atoms with van der Waals surface area (Å²) in [5.41, 5.74) is 6.00. The molecule has 2 aliphatic rings. The molecular weight excluding hydrogens is 427 g/mol. The molecule has 0 bridgehead atoms. The van der Waals surface area contributed by atoms with Gasteiger partial charge in [0, 0.05) is 36.7 Å². The smallest absolute Gasteiger partial charge is 0.130 e. The molecule has 1 spiro atoms. The third kappa shape index (κ3) is 4.85. The van der Waals surface area contributed by atoms with E-state index in [2.05, 4.69) is 58.7 Å². The van der Waals surface area contributed by atoms with Gasteiger partial charge in [0.2, 0.25) is 0 Å². The number of para-hydroxylation sites is 1. The maximum atomic E-state index is 14.1. The summed E-state index contributed by atoms with van der Waals surface area (Å²) in [4.78, 5) is 13.0. The third-order valence-electron chi connectivity index (χ3n) is 7.32. The first-order valence-corrected chi connectivity index (χ1v) is 12.1. The molecule has 176 valence electrons. The maximum Gasteiger partial charge on any atom is 0.130 e. The summed E-state index contributed by atoms with van der Waals surface area (Å²) >= 11 is 0. The van der Waals surface area contributed by atoms with Gasteiger partial charge in [0.1, 0.15) is 24.5 Å². The normalized spacial score (nSPS) is 16.7. The van der Waals surface area contributed by atoms with Crippen molar-refractivity contribution in [3.63, 3.8) is 0 Å². The van der Waals surface area contributed by atoms with Crippen molar-refractivity contribution < 1.29 is 13.9 Å². The first-order chi connectivity index (χ1) is 16.6. The van der Waals surface area contributed by atoms with Gasteiger partial charge in [0.15, 0.2) is 0 Å². The lowest BCUT2D eigenvalue weighted by Crippen LogP contribution is -2.43. The van der Waals surface area contributed by atoms with E-state index in [0.717, 1.165) is 38.0 Å². The van der Waals surface area contributed by atoms with Crippen molar-refractivity contribution in [1.82, 2.24) is 4.90 Å². The monoisotopic (exact) mass is 458 g/mol. The summed E-state index contributed by atoms with van der Waals surface area (Å²) < 4.78 is 19.9. The fourth-order valence-electron chi connectivity index (χ4n) is 5.25. The molecule has 0 radical (unpaired) electrons. The number of benzene rings is 3. The Morgan fingerprint density at radius 3 is 2.53 bits per heavy atom. The van der Waals surface area contributed by atoms with Crippen LogP contribution in [-0.4, -0.2) is 30.8 Å². The van der Waals surface area contributed by atoms with Crippen LogP contribution in [0.3, 0.4) is 0 Å². The van der Waals surface area contributed by atoms with Gasteiger partial charge in [-0.25, -0.2) is 4.39 Å². The van der Waals surface area contributed by atoms with E-state index in [1.165, 1.54) is 35.7 Å². The van der Waals surface area contributed by atoms with Crippen LogP contribution in [0.15, 0.2) is 66.7 Å². The highest BCUT2D eigenvalue weighted by Gasteiger charge is 2.40. The van der Waals surface area contributed by atoms with Crippen LogP contribution in [0.2, 0.25) is 0 Å². The molecule has 0 unspecified atom stereocenters. The number of nitrogens with one attached hydrogen (secondary N) is 1. The third-order valence-corrected chi connectivity index (χ3v) is 7.32. The second-order valence-electron chi connectivity index (χ2n) is 9.52. The van der Waals surface area contributed by atoms with E-state index < -0.39 is 0 Å².